The molecule has 0 aliphatic rings. The van der Waals surface area contributed by atoms with Gasteiger partial charge in [0.05, 0.1) is 38.8 Å². The van der Waals surface area contributed by atoms with Crippen molar-refractivity contribution in [3.05, 3.63) is 48.0 Å². The van der Waals surface area contributed by atoms with Crippen LogP contribution in [0.5, 0.6) is 17.2 Å². The number of amides is 1. The van der Waals surface area contributed by atoms with Crippen LogP contribution < -0.4 is 19.5 Å². The van der Waals surface area contributed by atoms with E-state index in [1.54, 1.807) is 38.3 Å². The van der Waals surface area contributed by atoms with E-state index in [4.69, 9.17) is 14.2 Å². The number of benzene rings is 2. The predicted octanol–water partition coefficient (Wildman–Crippen LogP) is 2.21. The van der Waals surface area contributed by atoms with Gasteiger partial charge in [0.1, 0.15) is 5.75 Å². The zero-order chi connectivity index (χ0) is 21.6. The fourth-order valence-corrected chi connectivity index (χ4v) is 3.83. The Balaban J connectivity index is 2.05. The number of methoxy groups -OCH3 is 3. The number of sulfonamides is 1. The number of rotatable bonds is 9. The van der Waals surface area contributed by atoms with Crippen LogP contribution in [0.2, 0.25) is 0 Å². The van der Waals surface area contributed by atoms with E-state index in [1.807, 2.05) is 6.07 Å². The molecule has 0 bridgehead atoms. The van der Waals surface area contributed by atoms with Crippen LogP contribution in [-0.2, 0) is 14.8 Å². The van der Waals surface area contributed by atoms with Crippen molar-refractivity contribution in [1.82, 2.24) is 9.62 Å². The van der Waals surface area contributed by atoms with Crippen LogP contribution in [-0.4, -0.2) is 53.6 Å². The molecule has 0 aromatic heterocycles. The third kappa shape index (κ3) is 5.39. The SMILES string of the molecule is COc1ccc(S(=O)(=O)N(C)CC(=O)N[C@H](C)c2ccc(OC)c(OC)c2)cc1. The Hall–Kier alpha value is -2.78. The van der Waals surface area contributed by atoms with Gasteiger partial charge in [-0.2, -0.15) is 4.31 Å². The molecule has 0 heterocycles. The van der Waals surface area contributed by atoms with Gasteiger partial charge < -0.3 is 19.5 Å². The summed E-state index contributed by atoms with van der Waals surface area (Å²) in [5, 5.41) is 2.80. The highest BCUT2D eigenvalue weighted by Gasteiger charge is 2.24. The van der Waals surface area contributed by atoms with Gasteiger partial charge in [0.25, 0.3) is 0 Å². The van der Waals surface area contributed by atoms with Gasteiger partial charge in [0.2, 0.25) is 15.9 Å². The van der Waals surface area contributed by atoms with Gasteiger partial charge in [-0.05, 0) is 48.9 Å². The molecule has 0 unspecified atom stereocenters. The lowest BCUT2D eigenvalue weighted by Gasteiger charge is -2.20. The molecule has 1 N–H and O–H groups in total. The van der Waals surface area contributed by atoms with Crippen molar-refractivity contribution in [2.24, 2.45) is 0 Å². The first kappa shape index (κ1) is 22.5. The van der Waals surface area contributed by atoms with Crippen molar-refractivity contribution >= 4 is 15.9 Å². The van der Waals surface area contributed by atoms with E-state index in [0.29, 0.717) is 17.2 Å². The first-order valence-corrected chi connectivity index (χ1v) is 10.3. The number of ether oxygens (including phenoxy) is 3. The van der Waals surface area contributed by atoms with Gasteiger partial charge in [-0.1, -0.05) is 6.07 Å². The molecule has 8 nitrogen and oxygen atoms in total. The minimum absolute atomic E-state index is 0.0848. The van der Waals surface area contributed by atoms with Crippen LogP contribution in [0.4, 0.5) is 0 Å². The van der Waals surface area contributed by atoms with E-state index in [0.717, 1.165) is 9.87 Å². The number of carbonyl (C=O) groups excluding carboxylic acids is 1. The van der Waals surface area contributed by atoms with Crippen LogP contribution >= 0.6 is 0 Å². The summed E-state index contributed by atoms with van der Waals surface area (Å²) in [6, 6.07) is 11.0. The second-order valence-corrected chi connectivity index (χ2v) is 8.39. The minimum Gasteiger partial charge on any atom is -0.497 e. The smallest absolute Gasteiger partial charge is 0.243 e. The standard InChI is InChI=1S/C20H26N2O6S/c1-14(15-6-11-18(27-4)19(12-15)28-5)21-20(23)13-22(2)29(24,25)17-9-7-16(26-3)8-10-17/h6-12,14H,13H2,1-5H3,(H,21,23)/t14-/m1/s1. The molecule has 0 spiro atoms. The van der Waals surface area contributed by atoms with Crippen LogP contribution in [0.1, 0.15) is 18.5 Å². The van der Waals surface area contributed by atoms with E-state index in [9.17, 15) is 13.2 Å². The van der Waals surface area contributed by atoms with Crippen molar-refractivity contribution in [1.29, 1.82) is 0 Å². The molecule has 1 atom stereocenters. The highest BCUT2D eigenvalue weighted by molar-refractivity contribution is 7.89. The minimum atomic E-state index is -3.80. The molecule has 0 radical (unpaired) electrons. The zero-order valence-corrected chi connectivity index (χ0v) is 17.9. The lowest BCUT2D eigenvalue weighted by atomic mass is 10.1. The third-order valence-electron chi connectivity index (χ3n) is 4.42. The molecular formula is C20H26N2O6S. The summed E-state index contributed by atoms with van der Waals surface area (Å²) in [6.07, 6.45) is 0. The van der Waals surface area contributed by atoms with Crippen LogP contribution in [0, 0.1) is 0 Å². The quantitative estimate of drug-likeness (QED) is 0.666. The van der Waals surface area contributed by atoms with E-state index in [1.165, 1.54) is 33.4 Å². The van der Waals surface area contributed by atoms with Crippen molar-refractivity contribution in [3.63, 3.8) is 0 Å². The molecule has 2 aromatic carbocycles. The Kier molecular flexibility index (Phi) is 7.46. The van der Waals surface area contributed by atoms with Crippen LogP contribution in [0.15, 0.2) is 47.4 Å². The number of hydrogen-bond acceptors (Lipinski definition) is 6. The Labute approximate surface area is 171 Å². The predicted molar refractivity (Wildman–Crippen MR) is 109 cm³/mol. The monoisotopic (exact) mass is 422 g/mol. The zero-order valence-electron chi connectivity index (χ0n) is 17.1. The average Bonchev–Trinajstić information content (AvgIpc) is 2.72. The van der Waals surface area contributed by atoms with E-state index >= 15 is 0 Å². The number of hydrogen-bond donors (Lipinski definition) is 1. The van der Waals surface area contributed by atoms with Gasteiger partial charge in [-0.25, -0.2) is 8.42 Å². The van der Waals surface area contributed by atoms with Crippen molar-refractivity contribution < 1.29 is 27.4 Å². The normalized spacial score (nSPS) is 12.3. The average molecular weight is 423 g/mol. The molecule has 29 heavy (non-hydrogen) atoms. The molecule has 0 saturated heterocycles. The summed E-state index contributed by atoms with van der Waals surface area (Å²) >= 11 is 0. The van der Waals surface area contributed by atoms with Gasteiger partial charge in [-0.15, -0.1) is 0 Å². The summed E-state index contributed by atoms with van der Waals surface area (Å²) in [7, 11) is 2.14. The molecular weight excluding hydrogens is 396 g/mol. The first-order valence-electron chi connectivity index (χ1n) is 8.84. The lowest BCUT2D eigenvalue weighted by molar-refractivity contribution is -0.121. The van der Waals surface area contributed by atoms with Crippen molar-refractivity contribution in [2.75, 3.05) is 34.9 Å². The third-order valence-corrected chi connectivity index (χ3v) is 6.24. The van der Waals surface area contributed by atoms with Gasteiger partial charge >= 0.3 is 0 Å². The molecule has 0 fully saturated rings. The van der Waals surface area contributed by atoms with Gasteiger partial charge in [0.15, 0.2) is 11.5 Å². The van der Waals surface area contributed by atoms with Crippen LogP contribution in [0.25, 0.3) is 0 Å². The van der Waals surface area contributed by atoms with E-state index < -0.39 is 15.9 Å². The second-order valence-electron chi connectivity index (χ2n) is 6.34. The summed E-state index contributed by atoms with van der Waals surface area (Å²) in [5.74, 6) is 1.25. The molecule has 2 aromatic rings. The molecule has 158 valence electrons. The van der Waals surface area contributed by atoms with Crippen molar-refractivity contribution in [3.8, 4) is 17.2 Å². The van der Waals surface area contributed by atoms with Gasteiger partial charge in [0, 0.05) is 7.05 Å². The first-order chi connectivity index (χ1) is 13.7. The van der Waals surface area contributed by atoms with E-state index in [-0.39, 0.29) is 17.5 Å². The van der Waals surface area contributed by atoms with E-state index in [2.05, 4.69) is 5.32 Å². The van der Waals surface area contributed by atoms with Crippen LogP contribution in [0.3, 0.4) is 0 Å². The summed E-state index contributed by atoms with van der Waals surface area (Å²) in [6.45, 7) is 1.49. The molecule has 1 amide bonds. The fourth-order valence-electron chi connectivity index (χ4n) is 2.71. The second kappa shape index (κ2) is 9.62. The Morgan fingerprint density at radius 1 is 1.00 bits per heavy atom. The number of nitrogens with zero attached hydrogens (tertiary/aromatic N) is 1. The highest BCUT2D eigenvalue weighted by Crippen LogP contribution is 2.29. The molecule has 0 saturated carbocycles. The lowest BCUT2D eigenvalue weighted by Crippen LogP contribution is -2.39. The summed E-state index contributed by atoms with van der Waals surface area (Å²) in [4.78, 5) is 12.5. The number of likely N-dealkylation sites (N-methyl/N-ethyl adjacent to an activating group) is 1. The summed E-state index contributed by atoms with van der Waals surface area (Å²) < 4.78 is 41.8. The topological polar surface area (TPSA) is 94.2 Å². The van der Waals surface area contributed by atoms with Crippen molar-refractivity contribution in [2.45, 2.75) is 17.9 Å². The fraction of sp³-hybridized carbons (Fsp3) is 0.350. The molecule has 9 heteroatoms. The Morgan fingerprint density at radius 2 is 1.62 bits per heavy atom. The largest absolute Gasteiger partial charge is 0.497 e. The number of nitrogens with one attached hydrogen (secondary N) is 1. The maximum absolute atomic E-state index is 12.7. The Morgan fingerprint density at radius 3 is 2.17 bits per heavy atom. The molecule has 2 rings (SSSR count). The number of carbonyl (C=O) groups is 1. The van der Waals surface area contributed by atoms with Gasteiger partial charge in [-0.3, -0.25) is 4.79 Å². The summed E-state index contributed by atoms with van der Waals surface area (Å²) in [5.41, 5.74) is 0.802. The maximum Gasteiger partial charge on any atom is 0.243 e. The maximum atomic E-state index is 12.7. The molecule has 0 aliphatic carbocycles. The Bertz CT molecular complexity index is 944. The molecule has 0 aliphatic heterocycles. The highest BCUT2D eigenvalue weighted by atomic mass is 32.2.